The van der Waals surface area contributed by atoms with Crippen LogP contribution in [0.4, 0.5) is 15.8 Å². The minimum atomic E-state index is -0.481. The number of nitrogens with one attached hydrogen (secondary N) is 2. The van der Waals surface area contributed by atoms with E-state index in [1.165, 1.54) is 24.3 Å². The number of aromatic amines is 1. The van der Waals surface area contributed by atoms with E-state index in [9.17, 15) is 19.3 Å². The number of nitro groups is 1. The highest BCUT2D eigenvalue weighted by Crippen LogP contribution is 2.22. The Kier molecular flexibility index (Phi) is 7.67. The summed E-state index contributed by atoms with van der Waals surface area (Å²) in [7, 11) is 1.95. The van der Waals surface area contributed by atoms with E-state index in [4.69, 9.17) is 0 Å². The van der Waals surface area contributed by atoms with E-state index in [1.54, 1.807) is 25.1 Å². The smallest absolute Gasteiger partial charge is 0.271 e. The number of H-pyrrole nitrogens is 1. The molecule has 9 heteroatoms. The number of carbonyl (C=O) groups is 1. The van der Waals surface area contributed by atoms with Gasteiger partial charge in [-0.15, -0.1) is 0 Å². The molecule has 1 amide bonds. The van der Waals surface area contributed by atoms with Gasteiger partial charge in [-0.25, -0.2) is 4.39 Å². The molecule has 0 fully saturated rings. The van der Waals surface area contributed by atoms with Crippen molar-refractivity contribution >= 4 is 17.3 Å². The first-order valence-electron chi connectivity index (χ1n) is 10.4. The van der Waals surface area contributed by atoms with Crippen LogP contribution in [-0.2, 0) is 11.2 Å². The van der Waals surface area contributed by atoms with Crippen LogP contribution in [0.3, 0.4) is 0 Å². The standard InChI is InChI=1S/C23H26FN5O3/c1-16-5-10-20(29(31)32)15-21(16)25-23(30)11-13-28(2)12-3-4-19-14-22(27-26-19)17-6-8-18(24)9-7-17/h5-10,14-15H,3-4,11-13H2,1-2H3,(H,25,30)(H,26,27). The monoisotopic (exact) mass is 439 g/mol. The number of amides is 1. The highest BCUT2D eigenvalue weighted by atomic mass is 19.1. The predicted molar refractivity (Wildman–Crippen MR) is 121 cm³/mol. The van der Waals surface area contributed by atoms with Crippen molar-refractivity contribution in [1.29, 1.82) is 0 Å². The summed E-state index contributed by atoms with van der Waals surface area (Å²) in [5, 5.41) is 21.0. The van der Waals surface area contributed by atoms with Crippen molar-refractivity contribution in [3.05, 3.63) is 75.7 Å². The molecule has 0 aliphatic heterocycles. The Morgan fingerprint density at radius 2 is 1.94 bits per heavy atom. The number of halogens is 1. The number of non-ortho nitro benzene ring substituents is 1. The van der Waals surface area contributed by atoms with Crippen molar-refractivity contribution in [3.63, 3.8) is 0 Å². The molecule has 0 saturated heterocycles. The first-order valence-corrected chi connectivity index (χ1v) is 10.4. The summed E-state index contributed by atoms with van der Waals surface area (Å²) in [6, 6.07) is 12.6. The van der Waals surface area contributed by atoms with E-state index in [0.29, 0.717) is 12.2 Å². The summed E-state index contributed by atoms with van der Waals surface area (Å²) in [4.78, 5) is 24.8. The molecule has 0 atom stereocenters. The number of nitrogens with zero attached hydrogens (tertiary/aromatic N) is 3. The van der Waals surface area contributed by atoms with Gasteiger partial charge in [0, 0.05) is 36.4 Å². The van der Waals surface area contributed by atoms with Crippen LogP contribution >= 0.6 is 0 Å². The average Bonchev–Trinajstić information content (AvgIpc) is 3.23. The number of benzene rings is 2. The molecule has 0 aliphatic rings. The Balaban J connectivity index is 1.40. The third-order valence-corrected chi connectivity index (χ3v) is 5.18. The molecule has 0 saturated carbocycles. The van der Waals surface area contributed by atoms with Gasteiger partial charge < -0.3 is 10.2 Å². The molecule has 168 valence electrons. The van der Waals surface area contributed by atoms with E-state index in [-0.39, 0.29) is 23.8 Å². The molecule has 1 heterocycles. The lowest BCUT2D eigenvalue weighted by atomic mass is 10.1. The SMILES string of the molecule is Cc1ccc([N+](=O)[O-])cc1NC(=O)CCN(C)CCCc1cc(-c2ccc(F)cc2)n[nH]1. The van der Waals surface area contributed by atoms with Gasteiger partial charge in [-0.05, 0) is 69.3 Å². The summed E-state index contributed by atoms with van der Waals surface area (Å²) >= 11 is 0. The number of rotatable bonds is 10. The maximum atomic E-state index is 13.1. The van der Waals surface area contributed by atoms with Crippen LogP contribution in [0.1, 0.15) is 24.1 Å². The number of hydrogen-bond donors (Lipinski definition) is 2. The van der Waals surface area contributed by atoms with Crippen molar-refractivity contribution in [3.8, 4) is 11.3 Å². The van der Waals surface area contributed by atoms with Crippen molar-refractivity contribution in [1.82, 2.24) is 15.1 Å². The molecule has 0 unspecified atom stereocenters. The highest BCUT2D eigenvalue weighted by Gasteiger charge is 2.12. The van der Waals surface area contributed by atoms with Gasteiger partial charge in [-0.1, -0.05) is 6.07 Å². The minimum Gasteiger partial charge on any atom is -0.326 e. The van der Waals surface area contributed by atoms with Crippen molar-refractivity contribution < 1.29 is 14.1 Å². The van der Waals surface area contributed by atoms with Gasteiger partial charge in [0.15, 0.2) is 0 Å². The number of aromatic nitrogens is 2. The van der Waals surface area contributed by atoms with Gasteiger partial charge in [0.2, 0.25) is 5.91 Å². The van der Waals surface area contributed by atoms with Gasteiger partial charge in [-0.2, -0.15) is 5.10 Å². The van der Waals surface area contributed by atoms with Crippen molar-refractivity contribution in [2.24, 2.45) is 0 Å². The van der Waals surface area contributed by atoms with Gasteiger partial charge in [-0.3, -0.25) is 20.0 Å². The molecular weight excluding hydrogens is 413 g/mol. The first-order chi connectivity index (χ1) is 15.3. The molecule has 0 spiro atoms. The van der Waals surface area contributed by atoms with E-state index in [2.05, 4.69) is 20.4 Å². The molecule has 1 aromatic heterocycles. The third-order valence-electron chi connectivity index (χ3n) is 5.18. The fourth-order valence-corrected chi connectivity index (χ4v) is 3.27. The number of carbonyl (C=O) groups excluding carboxylic acids is 1. The Hall–Kier alpha value is -3.59. The summed E-state index contributed by atoms with van der Waals surface area (Å²) < 4.78 is 13.1. The molecular formula is C23H26FN5O3. The number of hydrogen-bond acceptors (Lipinski definition) is 5. The fraction of sp³-hybridized carbons (Fsp3) is 0.304. The molecule has 2 aromatic carbocycles. The largest absolute Gasteiger partial charge is 0.326 e. The van der Waals surface area contributed by atoms with E-state index >= 15 is 0 Å². The van der Waals surface area contributed by atoms with Gasteiger partial charge in [0.25, 0.3) is 5.69 Å². The van der Waals surface area contributed by atoms with Crippen LogP contribution in [0, 0.1) is 22.9 Å². The van der Waals surface area contributed by atoms with Gasteiger partial charge >= 0.3 is 0 Å². The average molecular weight is 439 g/mol. The van der Waals surface area contributed by atoms with E-state index in [0.717, 1.165) is 41.9 Å². The zero-order valence-electron chi connectivity index (χ0n) is 18.1. The molecule has 8 nitrogen and oxygen atoms in total. The third kappa shape index (κ3) is 6.45. The lowest BCUT2D eigenvalue weighted by molar-refractivity contribution is -0.384. The Morgan fingerprint density at radius 1 is 1.19 bits per heavy atom. The second-order valence-corrected chi connectivity index (χ2v) is 7.75. The van der Waals surface area contributed by atoms with Crippen LogP contribution in [0.15, 0.2) is 48.5 Å². The normalized spacial score (nSPS) is 11.0. The van der Waals surface area contributed by atoms with Crippen LogP contribution in [-0.4, -0.2) is 46.1 Å². The van der Waals surface area contributed by atoms with Gasteiger partial charge in [0.05, 0.1) is 16.3 Å². The zero-order chi connectivity index (χ0) is 23.1. The molecule has 0 bridgehead atoms. The van der Waals surface area contributed by atoms with Crippen molar-refractivity contribution in [2.75, 3.05) is 25.5 Å². The maximum Gasteiger partial charge on any atom is 0.271 e. The lowest BCUT2D eigenvalue weighted by Crippen LogP contribution is -2.25. The summed E-state index contributed by atoms with van der Waals surface area (Å²) in [6.07, 6.45) is 1.97. The lowest BCUT2D eigenvalue weighted by Gasteiger charge is -2.16. The van der Waals surface area contributed by atoms with Crippen LogP contribution in [0.2, 0.25) is 0 Å². The Labute approximate surface area is 185 Å². The number of nitro benzene ring substituents is 1. The summed E-state index contributed by atoms with van der Waals surface area (Å²) in [5.74, 6) is -0.459. The Bertz CT molecular complexity index is 1080. The highest BCUT2D eigenvalue weighted by molar-refractivity contribution is 5.92. The molecule has 32 heavy (non-hydrogen) atoms. The molecule has 3 rings (SSSR count). The second kappa shape index (κ2) is 10.6. The zero-order valence-corrected chi connectivity index (χ0v) is 18.1. The van der Waals surface area contributed by atoms with Crippen LogP contribution in [0.25, 0.3) is 11.3 Å². The second-order valence-electron chi connectivity index (χ2n) is 7.75. The topological polar surface area (TPSA) is 104 Å². The fourth-order valence-electron chi connectivity index (χ4n) is 3.27. The summed E-state index contributed by atoms with van der Waals surface area (Å²) in [5.41, 5.74) is 3.82. The summed E-state index contributed by atoms with van der Waals surface area (Å²) in [6.45, 7) is 3.17. The number of aryl methyl sites for hydroxylation is 2. The van der Waals surface area contributed by atoms with Crippen LogP contribution in [0.5, 0.6) is 0 Å². The molecule has 2 N–H and O–H groups in total. The molecule has 0 radical (unpaired) electrons. The van der Waals surface area contributed by atoms with Crippen LogP contribution < -0.4 is 5.32 Å². The van der Waals surface area contributed by atoms with Crippen molar-refractivity contribution in [2.45, 2.75) is 26.2 Å². The van der Waals surface area contributed by atoms with Gasteiger partial charge in [0.1, 0.15) is 5.82 Å². The molecule has 3 aromatic rings. The number of anilines is 1. The van der Waals surface area contributed by atoms with E-state index in [1.807, 2.05) is 13.1 Å². The molecule has 0 aliphatic carbocycles. The van der Waals surface area contributed by atoms with E-state index < -0.39 is 4.92 Å². The maximum absolute atomic E-state index is 13.1. The Morgan fingerprint density at radius 3 is 2.66 bits per heavy atom. The quantitative estimate of drug-likeness (QED) is 0.362. The predicted octanol–water partition coefficient (Wildman–Crippen LogP) is 4.33. The minimum absolute atomic E-state index is 0.0515. The first kappa shape index (κ1) is 23.1.